The normalized spacial score (nSPS) is 14.1. The number of ether oxygens (including phenoxy) is 2. The minimum Gasteiger partial charge on any atom is -0.487 e. The highest BCUT2D eigenvalue weighted by Crippen LogP contribution is 2.44. The van der Waals surface area contributed by atoms with Crippen molar-refractivity contribution in [3.05, 3.63) is 137 Å². The van der Waals surface area contributed by atoms with Crippen LogP contribution in [0.25, 0.3) is 0 Å². The van der Waals surface area contributed by atoms with Crippen LogP contribution in [0.3, 0.4) is 0 Å². The molecule has 0 aliphatic carbocycles. The molecular formula is C38H46O2. The fourth-order valence-electron chi connectivity index (χ4n) is 5.35. The minimum absolute atomic E-state index is 0.170. The highest BCUT2D eigenvalue weighted by atomic mass is 16.5. The van der Waals surface area contributed by atoms with Gasteiger partial charge in [0, 0.05) is 35.3 Å². The average molecular weight is 535 g/mol. The van der Waals surface area contributed by atoms with Gasteiger partial charge in [-0.25, -0.2) is 0 Å². The second-order valence-electron chi connectivity index (χ2n) is 12.0. The molecule has 0 aliphatic rings. The van der Waals surface area contributed by atoms with Gasteiger partial charge >= 0.3 is 0 Å². The first kappa shape index (κ1) is 29.6. The minimum atomic E-state index is -0.391. The molecule has 0 amide bonds. The van der Waals surface area contributed by atoms with Gasteiger partial charge in [-0.1, -0.05) is 124 Å². The van der Waals surface area contributed by atoms with Gasteiger partial charge in [0.2, 0.25) is 0 Å². The molecule has 0 heterocycles. The van der Waals surface area contributed by atoms with Gasteiger partial charge in [-0.3, -0.25) is 0 Å². The fraction of sp³-hybridized carbons (Fsp3) is 0.368. The molecule has 40 heavy (non-hydrogen) atoms. The van der Waals surface area contributed by atoms with E-state index in [4.69, 9.17) is 9.47 Å². The maximum Gasteiger partial charge on any atom is 0.127 e. The van der Waals surface area contributed by atoms with Gasteiger partial charge in [0.1, 0.15) is 11.4 Å². The Hall–Kier alpha value is -3.36. The molecule has 3 unspecified atom stereocenters. The Balaban J connectivity index is 1.89. The first-order valence-corrected chi connectivity index (χ1v) is 14.8. The summed E-state index contributed by atoms with van der Waals surface area (Å²) in [6, 6.07) is 37.2. The molecule has 0 saturated heterocycles. The smallest absolute Gasteiger partial charge is 0.127 e. The van der Waals surface area contributed by atoms with Gasteiger partial charge in [0.05, 0.1) is 12.7 Å². The molecule has 0 aliphatic heterocycles. The lowest BCUT2D eigenvalue weighted by molar-refractivity contribution is 0.0221. The number of hydrogen-bond donors (Lipinski definition) is 0. The lowest BCUT2D eigenvalue weighted by Gasteiger charge is -2.33. The zero-order chi connectivity index (χ0) is 28.7. The van der Waals surface area contributed by atoms with Crippen molar-refractivity contribution in [3.63, 3.8) is 0 Å². The third kappa shape index (κ3) is 7.43. The summed E-state index contributed by atoms with van der Waals surface area (Å²) in [6.45, 7) is 16.1. The van der Waals surface area contributed by atoms with Gasteiger partial charge in [-0.15, -0.1) is 0 Å². The summed E-state index contributed by atoms with van der Waals surface area (Å²) in [5, 5.41) is 0. The SMILES string of the molecule is CC(C)OCCC(C)(C)Oc1c(C(C)c2ccccc2)cc(C(C)c2ccccc2)cc1C(C)c1ccccc1. The van der Waals surface area contributed by atoms with Crippen LogP contribution in [-0.2, 0) is 4.74 Å². The molecule has 210 valence electrons. The molecule has 0 N–H and O–H groups in total. The summed E-state index contributed by atoms with van der Waals surface area (Å²) in [5.74, 6) is 1.60. The van der Waals surface area contributed by atoms with Crippen molar-refractivity contribution in [1.82, 2.24) is 0 Å². The highest BCUT2D eigenvalue weighted by molar-refractivity contribution is 5.54. The van der Waals surface area contributed by atoms with Crippen LogP contribution in [0.15, 0.2) is 103 Å². The Bertz CT molecular complexity index is 1260. The number of rotatable bonds is 12. The predicted octanol–water partition coefficient (Wildman–Crippen LogP) is 10.1. The van der Waals surface area contributed by atoms with Crippen molar-refractivity contribution < 1.29 is 9.47 Å². The molecule has 0 radical (unpaired) electrons. The van der Waals surface area contributed by atoms with Crippen LogP contribution in [-0.4, -0.2) is 18.3 Å². The maximum atomic E-state index is 7.09. The zero-order valence-corrected chi connectivity index (χ0v) is 25.4. The zero-order valence-electron chi connectivity index (χ0n) is 25.4. The Morgan fingerprint density at radius 3 is 1.35 bits per heavy atom. The van der Waals surface area contributed by atoms with Crippen molar-refractivity contribution in [3.8, 4) is 5.75 Å². The largest absolute Gasteiger partial charge is 0.487 e. The third-order valence-corrected chi connectivity index (χ3v) is 8.03. The molecule has 2 heteroatoms. The first-order chi connectivity index (χ1) is 19.2. The van der Waals surface area contributed by atoms with Crippen LogP contribution < -0.4 is 4.74 Å². The molecule has 0 aromatic heterocycles. The van der Waals surface area contributed by atoms with Crippen molar-refractivity contribution in [2.75, 3.05) is 6.61 Å². The standard InChI is InChI=1S/C38H46O2/c1-27(2)39-24-23-38(6,7)40-37-35(29(4)32-19-13-9-14-20-32)25-34(28(3)31-17-11-8-12-18-31)26-36(37)30(5)33-21-15-10-16-22-33/h8-22,25-30H,23-24H2,1-7H3. The molecule has 2 nitrogen and oxygen atoms in total. The lowest BCUT2D eigenvalue weighted by atomic mass is 9.81. The van der Waals surface area contributed by atoms with Gasteiger partial charge in [-0.05, 0) is 49.9 Å². The fourth-order valence-corrected chi connectivity index (χ4v) is 5.35. The van der Waals surface area contributed by atoms with Crippen LogP contribution in [0.5, 0.6) is 5.75 Å². The molecular weight excluding hydrogens is 488 g/mol. The van der Waals surface area contributed by atoms with E-state index in [1.54, 1.807) is 0 Å². The highest BCUT2D eigenvalue weighted by Gasteiger charge is 2.29. The number of benzene rings is 4. The Labute approximate surface area is 242 Å². The summed E-state index contributed by atoms with van der Waals surface area (Å²) < 4.78 is 13.0. The van der Waals surface area contributed by atoms with Crippen LogP contribution in [0.2, 0.25) is 0 Å². The van der Waals surface area contributed by atoms with E-state index < -0.39 is 5.60 Å². The first-order valence-electron chi connectivity index (χ1n) is 14.8. The third-order valence-electron chi connectivity index (χ3n) is 8.03. The Morgan fingerprint density at radius 1 is 0.550 bits per heavy atom. The number of hydrogen-bond acceptors (Lipinski definition) is 2. The van der Waals surface area contributed by atoms with E-state index in [0.717, 1.165) is 12.2 Å². The van der Waals surface area contributed by atoms with E-state index in [1.807, 2.05) is 0 Å². The van der Waals surface area contributed by atoms with E-state index in [9.17, 15) is 0 Å². The van der Waals surface area contributed by atoms with Crippen LogP contribution >= 0.6 is 0 Å². The van der Waals surface area contributed by atoms with Crippen LogP contribution in [0, 0.1) is 0 Å². The van der Waals surface area contributed by atoms with Crippen molar-refractivity contribution >= 4 is 0 Å². The van der Waals surface area contributed by atoms with Crippen molar-refractivity contribution in [2.24, 2.45) is 0 Å². The monoisotopic (exact) mass is 534 g/mol. The molecule has 4 aromatic rings. The summed E-state index contributed by atoms with van der Waals surface area (Å²) in [5.41, 5.74) is 7.29. The topological polar surface area (TPSA) is 18.5 Å². The molecule has 0 fully saturated rings. The molecule has 0 saturated carbocycles. The summed E-state index contributed by atoms with van der Waals surface area (Å²) in [4.78, 5) is 0. The lowest BCUT2D eigenvalue weighted by Crippen LogP contribution is -2.31. The molecule has 4 rings (SSSR count). The van der Waals surface area contributed by atoms with Gasteiger partial charge in [0.25, 0.3) is 0 Å². The van der Waals surface area contributed by atoms with Crippen LogP contribution in [0.4, 0.5) is 0 Å². The average Bonchev–Trinajstić information content (AvgIpc) is 2.97. The van der Waals surface area contributed by atoms with Gasteiger partial charge in [-0.2, -0.15) is 0 Å². The maximum absolute atomic E-state index is 7.09. The van der Waals surface area contributed by atoms with Gasteiger partial charge in [0.15, 0.2) is 0 Å². The summed E-state index contributed by atoms with van der Waals surface area (Å²) in [7, 11) is 0. The molecule has 4 aromatic carbocycles. The van der Waals surface area contributed by atoms with E-state index in [1.165, 1.54) is 33.4 Å². The van der Waals surface area contributed by atoms with E-state index in [0.29, 0.717) is 6.61 Å². The molecule has 0 bridgehead atoms. The molecule has 0 spiro atoms. The van der Waals surface area contributed by atoms with E-state index >= 15 is 0 Å². The van der Waals surface area contributed by atoms with Crippen molar-refractivity contribution in [2.45, 2.75) is 84.3 Å². The van der Waals surface area contributed by atoms with Crippen molar-refractivity contribution in [1.29, 1.82) is 0 Å². The van der Waals surface area contributed by atoms with E-state index in [-0.39, 0.29) is 23.9 Å². The summed E-state index contributed by atoms with van der Waals surface area (Å²) >= 11 is 0. The van der Waals surface area contributed by atoms with E-state index in [2.05, 4.69) is 152 Å². The van der Waals surface area contributed by atoms with Crippen LogP contribution in [0.1, 0.15) is 106 Å². The second kappa shape index (κ2) is 13.3. The second-order valence-corrected chi connectivity index (χ2v) is 12.0. The quantitative estimate of drug-likeness (QED) is 0.180. The molecule has 3 atom stereocenters. The Morgan fingerprint density at radius 2 is 0.950 bits per heavy atom. The summed E-state index contributed by atoms with van der Waals surface area (Å²) in [6.07, 6.45) is 1.02. The Kier molecular flexibility index (Phi) is 9.87. The predicted molar refractivity (Wildman–Crippen MR) is 169 cm³/mol. The van der Waals surface area contributed by atoms with Gasteiger partial charge < -0.3 is 9.47 Å².